The third kappa shape index (κ3) is 2.20. The van der Waals surface area contributed by atoms with Crippen LogP contribution < -0.4 is 4.90 Å². The van der Waals surface area contributed by atoms with Gasteiger partial charge < -0.3 is 9.64 Å². The van der Waals surface area contributed by atoms with Crippen molar-refractivity contribution in [1.29, 1.82) is 0 Å². The largest absolute Gasteiger partial charge is 0.375 e. The van der Waals surface area contributed by atoms with Gasteiger partial charge in [-0.3, -0.25) is 0 Å². The lowest BCUT2D eigenvalue weighted by molar-refractivity contribution is 0.0532. The zero-order chi connectivity index (χ0) is 9.97. The Morgan fingerprint density at radius 1 is 1.50 bits per heavy atom. The summed E-state index contributed by atoms with van der Waals surface area (Å²) in [4.78, 5) is 2.31. The predicted octanol–water partition coefficient (Wildman–Crippen LogP) is 2.57. The molecule has 1 heterocycles. The summed E-state index contributed by atoms with van der Waals surface area (Å²) in [6.07, 6.45) is 0.308. The van der Waals surface area contributed by atoms with Gasteiger partial charge >= 0.3 is 0 Å². The monoisotopic (exact) mass is 211 g/mol. The smallest absolute Gasteiger partial charge is 0.0722 e. The van der Waals surface area contributed by atoms with Crippen molar-refractivity contribution in [3.8, 4) is 0 Å². The van der Waals surface area contributed by atoms with Gasteiger partial charge in [0.15, 0.2) is 0 Å². The van der Waals surface area contributed by atoms with Crippen LogP contribution in [0.5, 0.6) is 0 Å². The van der Waals surface area contributed by atoms with Crippen LogP contribution in [-0.2, 0) is 4.74 Å². The fraction of sp³-hybridized carbons (Fsp3) is 0.455. The molecule has 76 valence electrons. The van der Waals surface area contributed by atoms with Gasteiger partial charge in [0.25, 0.3) is 0 Å². The molecule has 0 N–H and O–H groups in total. The standard InChI is InChI=1S/C11H14ClNO/c1-9-8-13(5-6-14-9)11-4-2-3-10(12)7-11/h2-4,7,9H,5-6,8H2,1H3. The summed E-state index contributed by atoms with van der Waals surface area (Å²) in [5.74, 6) is 0. The van der Waals surface area contributed by atoms with Crippen molar-refractivity contribution in [2.24, 2.45) is 0 Å². The molecular weight excluding hydrogens is 198 g/mol. The van der Waals surface area contributed by atoms with Crippen LogP contribution in [-0.4, -0.2) is 25.8 Å². The minimum absolute atomic E-state index is 0.308. The molecule has 1 aromatic carbocycles. The van der Waals surface area contributed by atoms with E-state index < -0.39 is 0 Å². The van der Waals surface area contributed by atoms with Gasteiger partial charge in [-0.2, -0.15) is 0 Å². The Kier molecular flexibility index (Phi) is 2.94. The number of nitrogens with zero attached hydrogens (tertiary/aromatic N) is 1. The summed E-state index contributed by atoms with van der Waals surface area (Å²) in [5, 5.41) is 0.793. The van der Waals surface area contributed by atoms with Crippen LogP contribution >= 0.6 is 11.6 Å². The van der Waals surface area contributed by atoms with E-state index in [9.17, 15) is 0 Å². The quantitative estimate of drug-likeness (QED) is 0.708. The maximum atomic E-state index is 5.94. The van der Waals surface area contributed by atoms with Gasteiger partial charge in [0, 0.05) is 23.8 Å². The second kappa shape index (κ2) is 4.20. The summed E-state index contributed by atoms with van der Waals surface area (Å²) in [6.45, 7) is 4.79. The van der Waals surface area contributed by atoms with Crippen molar-refractivity contribution in [3.05, 3.63) is 29.3 Å². The van der Waals surface area contributed by atoms with Crippen LogP contribution in [0.2, 0.25) is 5.02 Å². The van der Waals surface area contributed by atoms with Crippen molar-refractivity contribution >= 4 is 17.3 Å². The highest BCUT2D eigenvalue weighted by molar-refractivity contribution is 6.30. The highest BCUT2D eigenvalue weighted by Crippen LogP contribution is 2.21. The molecule has 0 amide bonds. The van der Waals surface area contributed by atoms with Gasteiger partial charge in [0.1, 0.15) is 0 Å². The van der Waals surface area contributed by atoms with Gasteiger partial charge in [-0.15, -0.1) is 0 Å². The molecule has 14 heavy (non-hydrogen) atoms. The Bertz CT molecular complexity index is 316. The molecule has 2 rings (SSSR count). The average Bonchev–Trinajstić information content (AvgIpc) is 2.18. The van der Waals surface area contributed by atoms with Crippen LogP contribution in [0.3, 0.4) is 0 Å². The SMILES string of the molecule is CC1CN(c2cccc(Cl)c2)CCO1. The van der Waals surface area contributed by atoms with Crippen LogP contribution in [0, 0.1) is 0 Å². The Morgan fingerprint density at radius 3 is 3.07 bits per heavy atom. The first-order chi connectivity index (χ1) is 6.75. The number of halogens is 1. The number of hydrogen-bond acceptors (Lipinski definition) is 2. The van der Waals surface area contributed by atoms with Crippen LogP contribution in [0.1, 0.15) is 6.92 Å². The normalized spacial score (nSPS) is 22.4. The maximum absolute atomic E-state index is 5.94. The Labute approximate surface area is 89.4 Å². The first-order valence-electron chi connectivity index (χ1n) is 4.88. The molecule has 1 unspecified atom stereocenters. The van der Waals surface area contributed by atoms with Gasteiger partial charge in [-0.25, -0.2) is 0 Å². The number of rotatable bonds is 1. The second-order valence-corrected chi connectivity index (χ2v) is 4.04. The molecule has 1 atom stereocenters. The summed E-state index contributed by atoms with van der Waals surface area (Å²) in [6, 6.07) is 7.97. The Balaban J connectivity index is 2.14. The number of benzene rings is 1. The second-order valence-electron chi connectivity index (χ2n) is 3.61. The molecule has 0 aliphatic carbocycles. The van der Waals surface area contributed by atoms with Gasteiger partial charge in [0.05, 0.1) is 12.7 Å². The van der Waals surface area contributed by atoms with Crippen LogP contribution in [0.4, 0.5) is 5.69 Å². The molecule has 1 aromatic rings. The van der Waals surface area contributed by atoms with Gasteiger partial charge in [-0.1, -0.05) is 17.7 Å². The van der Waals surface area contributed by atoms with E-state index in [0.717, 1.165) is 24.7 Å². The van der Waals surface area contributed by atoms with Crippen LogP contribution in [0.15, 0.2) is 24.3 Å². The van der Waals surface area contributed by atoms with Crippen molar-refractivity contribution in [2.75, 3.05) is 24.6 Å². The van der Waals surface area contributed by atoms with E-state index in [2.05, 4.69) is 17.9 Å². The van der Waals surface area contributed by atoms with Crippen molar-refractivity contribution < 1.29 is 4.74 Å². The highest BCUT2D eigenvalue weighted by Gasteiger charge is 2.16. The van der Waals surface area contributed by atoms with Gasteiger partial charge in [0.2, 0.25) is 0 Å². The van der Waals surface area contributed by atoms with Crippen molar-refractivity contribution in [3.63, 3.8) is 0 Å². The molecule has 1 aliphatic rings. The van der Waals surface area contributed by atoms with E-state index in [-0.39, 0.29) is 0 Å². The first-order valence-corrected chi connectivity index (χ1v) is 5.25. The van der Waals surface area contributed by atoms with Gasteiger partial charge in [-0.05, 0) is 25.1 Å². The lowest BCUT2D eigenvalue weighted by atomic mass is 10.2. The van der Waals surface area contributed by atoms with E-state index in [4.69, 9.17) is 16.3 Å². The van der Waals surface area contributed by atoms with Crippen molar-refractivity contribution in [1.82, 2.24) is 0 Å². The number of ether oxygens (including phenoxy) is 1. The molecule has 1 aliphatic heterocycles. The fourth-order valence-electron chi connectivity index (χ4n) is 1.73. The zero-order valence-corrected chi connectivity index (χ0v) is 9.00. The molecule has 0 spiro atoms. The topological polar surface area (TPSA) is 12.5 Å². The zero-order valence-electron chi connectivity index (χ0n) is 8.24. The van der Waals surface area contributed by atoms with E-state index >= 15 is 0 Å². The minimum Gasteiger partial charge on any atom is -0.375 e. The first kappa shape index (κ1) is 9.81. The number of anilines is 1. The van der Waals surface area contributed by atoms with E-state index in [1.807, 2.05) is 18.2 Å². The molecule has 0 radical (unpaired) electrons. The summed E-state index contributed by atoms with van der Waals surface area (Å²) >= 11 is 5.94. The molecule has 1 saturated heterocycles. The Hall–Kier alpha value is -0.730. The molecule has 0 aromatic heterocycles. The highest BCUT2D eigenvalue weighted by atomic mass is 35.5. The lowest BCUT2D eigenvalue weighted by Crippen LogP contribution is -2.41. The molecule has 1 fully saturated rings. The summed E-state index contributed by atoms with van der Waals surface area (Å²) in [7, 11) is 0. The maximum Gasteiger partial charge on any atom is 0.0722 e. The number of hydrogen-bond donors (Lipinski definition) is 0. The van der Waals surface area contributed by atoms with E-state index in [1.54, 1.807) is 0 Å². The average molecular weight is 212 g/mol. The Morgan fingerprint density at radius 2 is 2.36 bits per heavy atom. The minimum atomic E-state index is 0.308. The van der Waals surface area contributed by atoms with Crippen molar-refractivity contribution in [2.45, 2.75) is 13.0 Å². The fourth-order valence-corrected chi connectivity index (χ4v) is 1.91. The molecule has 0 saturated carbocycles. The molecule has 3 heteroatoms. The molecule has 0 bridgehead atoms. The summed E-state index contributed by atoms with van der Waals surface area (Å²) < 4.78 is 5.49. The molecular formula is C11H14ClNO. The summed E-state index contributed by atoms with van der Waals surface area (Å²) in [5.41, 5.74) is 1.19. The van der Waals surface area contributed by atoms with E-state index in [1.165, 1.54) is 5.69 Å². The third-order valence-electron chi connectivity index (χ3n) is 2.41. The number of morpholine rings is 1. The molecule has 2 nitrogen and oxygen atoms in total. The van der Waals surface area contributed by atoms with E-state index in [0.29, 0.717) is 6.10 Å². The predicted molar refractivity (Wildman–Crippen MR) is 59.1 cm³/mol. The lowest BCUT2D eigenvalue weighted by Gasteiger charge is -2.32. The van der Waals surface area contributed by atoms with Crippen LogP contribution in [0.25, 0.3) is 0 Å². The third-order valence-corrected chi connectivity index (χ3v) is 2.65.